The molecule has 0 aliphatic carbocycles. The highest BCUT2D eigenvalue weighted by Crippen LogP contribution is 2.20. The molecule has 20 heavy (non-hydrogen) atoms. The molecule has 0 fully saturated rings. The van der Waals surface area contributed by atoms with E-state index in [2.05, 4.69) is 0 Å². The van der Waals surface area contributed by atoms with Crippen molar-refractivity contribution in [3.8, 4) is 5.75 Å². The van der Waals surface area contributed by atoms with E-state index in [9.17, 15) is 12.8 Å². The zero-order valence-corrected chi connectivity index (χ0v) is 11.4. The van der Waals surface area contributed by atoms with Crippen LogP contribution in [0.1, 0.15) is 0 Å². The zero-order chi connectivity index (χ0) is 14.6. The number of sulfone groups is 1. The van der Waals surface area contributed by atoms with Crippen LogP contribution in [-0.2, 0) is 9.84 Å². The molecule has 0 aliphatic rings. The van der Waals surface area contributed by atoms with Gasteiger partial charge in [0.05, 0.1) is 16.3 Å². The minimum Gasteiger partial charge on any atom is -0.493 e. The molecule has 0 spiro atoms. The van der Waals surface area contributed by atoms with Gasteiger partial charge in [-0.25, -0.2) is 12.8 Å². The molecule has 0 saturated carbocycles. The summed E-state index contributed by atoms with van der Waals surface area (Å²) in [6, 6.07) is 12.1. The Labute approximate surface area is 116 Å². The molecule has 0 aliphatic heterocycles. The third-order valence-corrected chi connectivity index (χ3v) is 4.42. The normalized spacial score (nSPS) is 11.2. The molecule has 0 saturated heterocycles. The highest BCUT2D eigenvalue weighted by molar-refractivity contribution is 7.91. The molecular formula is C14H14FNO3S. The molecule has 0 heterocycles. The van der Waals surface area contributed by atoms with E-state index in [0.29, 0.717) is 5.75 Å². The van der Waals surface area contributed by atoms with Crippen molar-refractivity contribution >= 4 is 15.5 Å². The third-order valence-electron chi connectivity index (χ3n) is 2.67. The molecule has 2 aromatic rings. The third kappa shape index (κ3) is 3.48. The second-order valence-electron chi connectivity index (χ2n) is 4.16. The molecule has 4 nitrogen and oxygen atoms in total. The van der Waals surface area contributed by atoms with Crippen molar-refractivity contribution in [2.45, 2.75) is 4.90 Å². The summed E-state index contributed by atoms with van der Waals surface area (Å²) >= 11 is 0. The van der Waals surface area contributed by atoms with E-state index in [1.165, 1.54) is 6.07 Å². The van der Waals surface area contributed by atoms with Gasteiger partial charge in [0, 0.05) is 0 Å². The van der Waals surface area contributed by atoms with Crippen LogP contribution in [0.15, 0.2) is 53.4 Å². The Bertz CT molecular complexity index is 687. The summed E-state index contributed by atoms with van der Waals surface area (Å²) in [6.45, 7) is 0.00314. The van der Waals surface area contributed by atoms with Crippen LogP contribution >= 0.6 is 0 Å². The lowest BCUT2D eigenvalue weighted by Crippen LogP contribution is -2.15. The summed E-state index contributed by atoms with van der Waals surface area (Å²) in [4.78, 5) is -0.0736. The van der Waals surface area contributed by atoms with Gasteiger partial charge in [-0.05, 0) is 30.3 Å². The number of rotatable bonds is 5. The van der Waals surface area contributed by atoms with E-state index in [1.54, 1.807) is 24.3 Å². The van der Waals surface area contributed by atoms with E-state index in [0.717, 1.165) is 12.1 Å². The SMILES string of the molecule is Nc1cc(F)ccc1S(=O)(=O)CCOc1ccccc1. The Morgan fingerprint density at radius 1 is 1.10 bits per heavy atom. The second-order valence-corrected chi connectivity index (χ2v) is 6.24. The Hall–Kier alpha value is -2.08. The van der Waals surface area contributed by atoms with Gasteiger partial charge >= 0.3 is 0 Å². The van der Waals surface area contributed by atoms with Crippen molar-refractivity contribution in [2.24, 2.45) is 0 Å². The highest BCUT2D eigenvalue weighted by Gasteiger charge is 2.18. The maximum atomic E-state index is 12.9. The first-order valence-corrected chi connectivity index (χ1v) is 7.60. The van der Waals surface area contributed by atoms with Gasteiger partial charge < -0.3 is 10.5 Å². The van der Waals surface area contributed by atoms with Gasteiger partial charge in [0.2, 0.25) is 0 Å². The maximum absolute atomic E-state index is 12.9. The van der Waals surface area contributed by atoms with Crippen molar-refractivity contribution in [3.05, 3.63) is 54.3 Å². The largest absolute Gasteiger partial charge is 0.493 e. The van der Waals surface area contributed by atoms with Crippen LogP contribution in [0, 0.1) is 5.82 Å². The van der Waals surface area contributed by atoms with Crippen molar-refractivity contribution in [1.82, 2.24) is 0 Å². The summed E-state index contributed by atoms with van der Waals surface area (Å²) in [7, 11) is -3.59. The fourth-order valence-corrected chi connectivity index (χ4v) is 2.91. The topological polar surface area (TPSA) is 69.4 Å². The molecule has 106 valence electrons. The first-order valence-electron chi connectivity index (χ1n) is 5.95. The number of anilines is 1. The smallest absolute Gasteiger partial charge is 0.183 e. The number of para-hydroxylation sites is 1. The Morgan fingerprint density at radius 3 is 2.45 bits per heavy atom. The lowest BCUT2D eigenvalue weighted by atomic mass is 10.3. The summed E-state index contributed by atoms with van der Waals surface area (Å²) in [6.07, 6.45) is 0. The van der Waals surface area contributed by atoms with Crippen LogP contribution < -0.4 is 10.5 Å². The Morgan fingerprint density at radius 2 is 1.80 bits per heavy atom. The summed E-state index contributed by atoms with van der Waals surface area (Å²) in [5.74, 6) is -0.200. The van der Waals surface area contributed by atoms with Crippen LogP contribution in [0.4, 0.5) is 10.1 Å². The molecule has 2 N–H and O–H groups in total. The molecule has 0 atom stereocenters. The number of hydrogen-bond acceptors (Lipinski definition) is 4. The predicted octanol–water partition coefficient (Wildman–Crippen LogP) is 2.26. The van der Waals surface area contributed by atoms with E-state index in [1.807, 2.05) is 6.07 Å². The number of hydrogen-bond donors (Lipinski definition) is 1. The van der Waals surface area contributed by atoms with Crippen LogP contribution in [0.5, 0.6) is 5.75 Å². The Kier molecular flexibility index (Phi) is 4.24. The molecular weight excluding hydrogens is 281 g/mol. The molecule has 6 heteroatoms. The Balaban J connectivity index is 2.04. The standard InChI is InChI=1S/C14H14FNO3S/c15-11-6-7-14(13(16)10-11)20(17,18)9-8-19-12-4-2-1-3-5-12/h1-7,10H,8-9,16H2. The first kappa shape index (κ1) is 14.3. The molecule has 0 amide bonds. The zero-order valence-electron chi connectivity index (χ0n) is 10.6. The van der Waals surface area contributed by atoms with Gasteiger partial charge in [-0.2, -0.15) is 0 Å². The number of benzene rings is 2. The molecule has 0 bridgehead atoms. The monoisotopic (exact) mass is 295 g/mol. The van der Waals surface area contributed by atoms with Gasteiger partial charge in [0.15, 0.2) is 9.84 Å². The molecule has 0 aromatic heterocycles. The maximum Gasteiger partial charge on any atom is 0.183 e. The number of ether oxygens (including phenoxy) is 1. The van der Waals surface area contributed by atoms with Crippen molar-refractivity contribution in [3.63, 3.8) is 0 Å². The minimum atomic E-state index is -3.59. The van der Waals surface area contributed by atoms with Gasteiger partial charge in [0.1, 0.15) is 18.2 Å². The molecule has 0 radical (unpaired) electrons. The van der Waals surface area contributed by atoms with E-state index >= 15 is 0 Å². The number of nitrogens with two attached hydrogens (primary N) is 1. The van der Waals surface area contributed by atoms with Gasteiger partial charge in [0.25, 0.3) is 0 Å². The van der Waals surface area contributed by atoms with Crippen molar-refractivity contribution in [1.29, 1.82) is 0 Å². The average molecular weight is 295 g/mol. The average Bonchev–Trinajstić information content (AvgIpc) is 2.39. The van der Waals surface area contributed by atoms with Crippen LogP contribution in [-0.4, -0.2) is 20.8 Å². The molecule has 2 rings (SSSR count). The fraction of sp³-hybridized carbons (Fsp3) is 0.143. The van der Waals surface area contributed by atoms with E-state index < -0.39 is 15.7 Å². The van der Waals surface area contributed by atoms with Gasteiger partial charge in [-0.15, -0.1) is 0 Å². The number of halogens is 1. The summed E-state index contributed by atoms with van der Waals surface area (Å²) in [5, 5.41) is 0. The predicted molar refractivity (Wildman–Crippen MR) is 74.8 cm³/mol. The van der Waals surface area contributed by atoms with Crippen LogP contribution in [0.25, 0.3) is 0 Å². The summed E-state index contributed by atoms with van der Waals surface area (Å²) < 4.78 is 42.4. The second kappa shape index (κ2) is 5.92. The van der Waals surface area contributed by atoms with Gasteiger partial charge in [-0.1, -0.05) is 18.2 Å². The summed E-state index contributed by atoms with van der Waals surface area (Å²) in [5.41, 5.74) is 5.44. The lowest BCUT2D eigenvalue weighted by molar-refractivity contribution is 0.341. The van der Waals surface area contributed by atoms with Crippen LogP contribution in [0.2, 0.25) is 0 Å². The van der Waals surface area contributed by atoms with Crippen molar-refractivity contribution < 1.29 is 17.5 Å². The highest BCUT2D eigenvalue weighted by atomic mass is 32.2. The first-order chi connectivity index (χ1) is 9.49. The van der Waals surface area contributed by atoms with Crippen molar-refractivity contribution in [2.75, 3.05) is 18.1 Å². The lowest BCUT2D eigenvalue weighted by Gasteiger charge is -2.09. The minimum absolute atomic E-state index is 0.00314. The van der Waals surface area contributed by atoms with Crippen LogP contribution in [0.3, 0.4) is 0 Å². The van der Waals surface area contributed by atoms with E-state index in [-0.39, 0.29) is 22.9 Å². The number of nitrogen functional groups attached to an aromatic ring is 1. The molecule has 0 unspecified atom stereocenters. The quantitative estimate of drug-likeness (QED) is 0.678. The van der Waals surface area contributed by atoms with E-state index in [4.69, 9.17) is 10.5 Å². The molecule has 2 aromatic carbocycles. The van der Waals surface area contributed by atoms with Gasteiger partial charge in [-0.3, -0.25) is 0 Å². The fourth-order valence-electron chi connectivity index (χ4n) is 1.70.